The Kier molecular flexibility index (Phi) is 6.00. The smallest absolute Gasteiger partial charge is 0.140 e. The molecule has 0 aromatic heterocycles. The number of ketones is 1. The van der Waals surface area contributed by atoms with Crippen LogP contribution in [0, 0.1) is 6.92 Å². The largest absolute Gasteiger partial charge is 0.492 e. The highest BCUT2D eigenvalue weighted by Gasteiger charge is 2.07. The molecular formula is C13H16BrClO2. The summed E-state index contributed by atoms with van der Waals surface area (Å²) in [6.45, 7) is 4.16. The third-order valence-corrected chi connectivity index (χ3v) is 3.10. The van der Waals surface area contributed by atoms with Crippen molar-refractivity contribution in [3.63, 3.8) is 0 Å². The molecular weight excluding hydrogens is 303 g/mol. The molecule has 0 bridgehead atoms. The average molecular weight is 320 g/mol. The van der Waals surface area contributed by atoms with E-state index in [4.69, 9.17) is 16.3 Å². The highest BCUT2D eigenvalue weighted by atomic mass is 79.9. The molecule has 94 valence electrons. The Bertz CT molecular complexity index is 381. The second-order valence-corrected chi connectivity index (χ2v) is 5.36. The Morgan fingerprint density at radius 3 is 2.71 bits per heavy atom. The van der Waals surface area contributed by atoms with Crippen molar-refractivity contribution >= 4 is 33.3 Å². The van der Waals surface area contributed by atoms with Gasteiger partial charge in [-0.3, -0.25) is 0 Å². The molecule has 0 heterocycles. The molecule has 0 aliphatic heterocycles. The molecule has 4 heteroatoms. The van der Waals surface area contributed by atoms with Gasteiger partial charge < -0.3 is 9.53 Å². The monoisotopic (exact) mass is 318 g/mol. The lowest BCUT2D eigenvalue weighted by molar-refractivity contribution is -0.117. The minimum atomic E-state index is 0.225. The van der Waals surface area contributed by atoms with Gasteiger partial charge in [0, 0.05) is 10.9 Å². The molecule has 0 N–H and O–H groups in total. The zero-order chi connectivity index (χ0) is 12.8. The van der Waals surface area contributed by atoms with E-state index in [1.165, 1.54) is 0 Å². The summed E-state index contributed by atoms with van der Waals surface area (Å²) in [5.74, 6) is 0.959. The summed E-state index contributed by atoms with van der Waals surface area (Å²) in [6, 6.07) is 3.79. The maximum absolute atomic E-state index is 10.8. The van der Waals surface area contributed by atoms with Crippen LogP contribution in [0.5, 0.6) is 5.75 Å². The van der Waals surface area contributed by atoms with Crippen LogP contribution in [0.2, 0.25) is 5.02 Å². The molecule has 2 nitrogen and oxygen atoms in total. The third-order valence-electron chi connectivity index (χ3n) is 2.36. The second-order valence-electron chi connectivity index (χ2n) is 4.04. The van der Waals surface area contributed by atoms with Gasteiger partial charge in [0.15, 0.2) is 0 Å². The lowest BCUT2D eigenvalue weighted by atomic mass is 10.2. The minimum Gasteiger partial charge on any atom is -0.492 e. The van der Waals surface area contributed by atoms with Gasteiger partial charge in [-0.1, -0.05) is 27.5 Å². The van der Waals surface area contributed by atoms with Gasteiger partial charge in [-0.05, 0) is 44.4 Å². The van der Waals surface area contributed by atoms with E-state index in [1.54, 1.807) is 6.92 Å². The highest BCUT2D eigenvalue weighted by Crippen LogP contribution is 2.32. The molecule has 0 saturated carbocycles. The van der Waals surface area contributed by atoms with E-state index in [9.17, 15) is 4.79 Å². The van der Waals surface area contributed by atoms with Crippen LogP contribution in [-0.2, 0) is 4.79 Å². The van der Waals surface area contributed by atoms with Gasteiger partial charge in [0.05, 0.1) is 11.6 Å². The maximum atomic E-state index is 10.8. The lowest BCUT2D eigenvalue weighted by Crippen LogP contribution is -2.01. The Hall–Kier alpha value is -0.540. The number of rotatable bonds is 6. The van der Waals surface area contributed by atoms with Crippen LogP contribution in [0.15, 0.2) is 16.6 Å². The standard InChI is InChI=1S/C13H16BrClO2/c1-9-7-11(14)8-12(15)13(9)17-6-4-3-5-10(2)16/h7-8H,3-6H2,1-2H3. The minimum absolute atomic E-state index is 0.225. The number of hydrogen-bond donors (Lipinski definition) is 0. The van der Waals surface area contributed by atoms with Gasteiger partial charge in [0.2, 0.25) is 0 Å². The summed E-state index contributed by atoms with van der Waals surface area (Å²) in [5.41, 5.74) is 1.01. The zero-order valence-corrected chi connectivity index (χ0v) is 12.4. The van der Waals surface area contributed by atoms with E-state index < -0.39 is 0 Å². The Morgan fingerprint density at radius 2 is 2.12 bits per heavy atom. The second kappa shape index (κ2) is 7.02. The number of carbonyl (C=O) groups is 1. The number of hydrogen-bond acceptors (Lipinski definition) is 2. The van der Waals surface area contributed by atoms with Crippen molar-refractivity contribution in [1.82, 2.24) is 0 Å². The molecule has 0 amide bonds. The molecule has 0 saturated heterocycles. The number of ether oxygens (including phenoxy) is 1. The van der Waals surface area contributed by atoms with Crippen molar-refractivity contribution in [3.8, 4) is 5.75 Å². The van der Waals surface area contributed by atoms with E-state index >= 15 is 0 Å². The maximum Gasteiger partial charge on any atom is 0.140 e. The average Bonchev–Trinajstić information content (AvgIpc) is 2.20. The molecule has 0 aliphatic rings. The van der Waals surface area contributed by atoms with Crippen LogP contribution < -0.4 is 4.74 Å². The number of halogens is 2. The first-order valence-corrected chi connectivity index (χ1v) is 6.75. The highest BCUT2D eigenvalue weighted by molar-refractivity contribution is 9.10. The molecule has 1 rings (SSSR count). The molecule has 0 unspecified atom stereocenters. The fourth-order valence-electron chi connectivity index (χ4n) is 1.52. The molecule has 0 atom stereocenters. The topological polar surface area (TPSA) is 26.3 Å². The normalized spacial score (nSPS) is 10.4. The summed E-state index contributed by atoms with van der Waals surface area (Å²) >= 11 is 9.47. The number of carbonyl (C=O) groups excluding carboxylic acids is 1. The van der Waals surface area contributed by atoms with Gasteiger partial charge in [0.1, 0.15) is 11.5 Å². The van der Waals surface area contributed by atoms with Crippen molar-refractivity contribution in [2.75, 3.05) is 6.61 Å². The van der Waals surface area contributed by atoms with Crippen molar-refractivity contribution in [3.05, 3.63) is 27.2 Å². The van der Waals surface area contributed by atoms with Crippen LogP contribution in [0.1, 0.15) is 31.7 Å². The molecule has 1 aromatic rings. The summed E-state index contributed by atoms with van der Waals surface area (Å²) in [5, 5.41) is 0.614. The Balaban J connectivity index is 2.44. The van der Waals surface area contributed by atoms with Crippen LogP contribution in [-0.4, -0.2) is 12.4 Å². The van der Waals surface area contributed by atoms with Crippen LogP contribution in [0.4, 0.5) is 0 Å². The number of Topliss-reactive ketones (excluding diaryl/α,β-unsaturated/α-hetero) is 1. The van der Waals surface area contributed by atoms with E-state index in [-0.39, 0.29) is 5.78 Å². The summed E-state index contributed by atoms with van der Waals surface area (Å²) < 4.78 is 6.59. The van der Waals surface area contributed by atoms with Crippen molar-refractivity contribution < 1.29 is 9.53 Å². The Morgan fingerprint density at radius 1 is 1.41 bits per heavy atom. The van der Waals surface area contributed by atoms with Gasteiger partial charge in [0.25, 0.3) is 0 Å². The summed E-state index contributed by atoms with van der Waals surface area (Å²) in [7, 11) is 0. The van der Waals surface area contributed by atoms with Crippen molar-refractivity contribution in [1.29, 1.82) is 0 Å². The predicted molar refractivity (Wildman–Crippen MR) is 73.9 cm³/mol. The molecule has 0 fully saturated rings. The van der Waals surface area contributed by atoms with Crippen molar-refractivity contribution in [2.24, 2.45) is 0 Å². The molecule has 1 aromatic carbocycles. The fourth-order valence-corrected chi connectivity index (χ4v) is 2.55. The first-order valence-electron chi connectivity index (χ1n) is 5.58. The molecule has 17 heavy (non-hydrogen) atoms. The summed E-state index contributed by atoms with van der Waals surface area (Å²) in [4.78, 5) is 10.8. The van der Waals surface area contributed by atoms with Crippen molar-refractivity contribution in [2.45, 2.75) is 33.1 Å². The van der Waals surface area contributed by atoms with E-state index in [1.807, 2.05) is 19.1 Å². The first kappa shape index (κ1) is 14.5. The number of unbranched alkanes of at least 4 members (excludes halogenated alkanes) is 1. The van der Waals surface area contributed by atoms with Gasteiger partial charge >= 0.3 is 0 Å². The van der Waals surface area contributed by atoms with Gasteiger partial charge in [-0.25, -0.2) is 0 Å². The van der Waals surface area contributed by atoms with Gasteiger partial charge in [-0.2, -0.15) is 0 Å². The summed E-state index contributed by atoms with van der Waals surface area (Å²) in [6.07, 6.45) is 2.35. The number of aryl methyl sites for hydroxylation is 1. The van der Waals surface area contributed by atoms with Crippen LogP contribution in [0.25, 0.3) is 0 Å². The quantitative estimate of drug-likeness (QED) is 0.719. The SMILES string of the molecule is CC(=O)CCCCOc1c(C)cc(Br)cc1Cl. The predicted octanol–water partition coefficient (Wildman–Crippen LogP) is 4.55. The first-order chi connectivity index (χ1) is 8.00. The lowest BCUT2D eigenvalue weighted by Gasteiger charge is -2.11. The third kappa shape index (κ3) is 5.09. The van der Waals surface area contributed by atoms with Crippen LogP contribution in [0.3, 0.4) is 0 Å². The van der Waals surface area contributed by atoms with E-state index in [0.717, 1.165) is 28.6 Å². The fraction of sp³-hybridized carbons (Fsp3) is 0.462. The zero-order valence-electron chi connectivity index (χ0n) is 10.1. The molecule has 0 aliphatic carbocycles. The molecule has 0 radical (unpaired) electrons. The van der Waals surface area contributed by atoms with E-state index in [0.29, 0.717) is 18.1 Å². The number of benzene rings is 1. The van der Waals surface area contributed by atoms with Crippen LogP contribution >= 0.6 is 27.5 Å². The Labute approximate surface area is 115 Å². The van der Waals surface area contributed by atoms with Gasteiger partial charge in [-0.15, -0.1) is 0 Å². The molecule has 0 spiro atoms. The van der Waals surface area contributed by atoms with E-state index in [2.05, 4.69) is 15.9 Å².